The van der Waals surface area contributed by atoms with Crippen LogP contribution in [0.1, 0.15) is 34.1 Å². The van der Waals surface area contributed by atoms with Crippen LogP contribution >= 0.6 is 11.8 Å². The van der Waals surface area contributed by atoms with E-state index < -0.39 is 52.6 Å². The third-order valence-electron chi connectivity index (χ3n) is 6.06. The Labute approximate surface area is 190 Å². The van der Waals surface area contributed by atoms with Crippen molar-refractivity contribution < 1.29 is 28.0 Å². The molecule has 0 aromatic carbocycles. The van der Waals surface area contributed by atoms with Gasteiger partial charge in [0.1, 0.15) is 18.1 Å². The van der Waals surface area contributed by atoms with E-state index in [2.05, 4.69) is 0 Å². The second-order valence-corrected chi connectivity index (χ2v) is 10.4. The molecule has 11 heteroatoms. The van der Waals surface area contributed by atoms with Crippen LogP contribution in [0.2, 0.25) is 0 Å². The summed E-state index contributed by atoms with van der Waals surface area (Å²) in [5, 5.41) is 11.9. The molecule has 3 rings (SSSR count). The van der Waals surface area contributed by atoms with E-state index in [0.717, 1.165) is 6.08 Å². The highest BCUT2D eigenvalue weighted by molar-refractivity contribution is 8.13. The number of amides is 1. The largest absolute Gasteiger partial charge is 0.443 e. The zero-order valence-corrected chi connectivity index (χ0v) is 19.7. The molecule has 0 saturated carbocycles. The molecule has 2 aliphatic heterocycles. The maximum absolute atomic E-state index is 15.3. The zero-order valence-electron chi connectivity index (χ0n) is 18.8. The molecule has 0 radical (unpaired) electrons. The van der Waals surface area contributed by atoms with Gasteiger partial charge in [-0.3, -0.25) is 20.0 Å². The minimum absolute atomic E-state index is 0.0572. The highest BCUT2D eigenvalue weighted by Gasteiger charge is 2.57. The summed E-state index contributed by atoms with van der Waals surface area (Å²) < 4.78 is 40.0. The SMILES string of the molecule is CC1C([N+](=O)[O-])=CC=C(F)C1[C@]12C[C@H](CF)OC[C@H]1CSC(N(C)C(=O)OC(C)(C)C)=N2. The van der Waals surface area contributed by atoms with Crippen molar-refractivity contribution >= 4 is 23.0 Å². The topological polar surface area (TPSA) is 94.3 Å². The Kier molecular flexibility index (Phi) is 6.99. The molecule has 3 aliphatic rings. The summed E-state index contributed by atoms with van der Waals surface area (Å²) in [7, 11) is 1.51. The molecule has 1 amide bonds. The molecule has 8 nitrogen and oxygen atoms in total. The number of hydrogen-bond donors (Lipinski definition) is 0. The molecule has 2 unspecified atom stereocenters. The van der Waals surface area contributed by atoms with E-state index in [1.807, 2.05) is 0 Å². The predicted octanol–water partition coefficient (Wildman–Crippen LogP) is 4.35. The number of nitro groups is 1. The minimum atomic E-state index is -1.19. The fourth-order valence-corrected chi connectivity index (χ4v) is 5.80. The van der Waals surface area contributed by atoms with Gasteiger partial charge in [0.25, 0.3) is 0 Å². The van der Waals surface area contributed by atoms with Crippen LogP contribution < -0.4 is 0 Å². The number of carbonyl (C=O) groups excluding carboxylic acids is 1. The summed E-state index contributed by atoms with van der Waals surface area (Å²) in [6.07, 6.45) is 0.898. The number of ether oxygens (including phenoxy) is 2. The fourth-order valence-electron chi connectivity index (χ4n) is 4.56. The van der Waals surface area contributed by atoms with E-state index in [1.54, 1.807) is 27.7 Å². The first kappa shape index (κ1) is 24.6. The van der Waals surface area contributed by atoms with Crippen LogP contribution in [0.4, 0.5) is 13.6 Å². The van der Waals surface area contributed by atoms with E-state index in [0.29, 0.717) is 10.9 Å². The molecule has 1 saturated heterocycles. The third kappa shape index (κ3) is 4.68. The number of allylic oxidation sites excluding steroid dienone is 3. The average molecular weight is 474 g/mol. The van der Waals surface area contributed by atoms with E-state index in [9.17, 15) is 19.3 Å². The standard InChI is InChI=1S/C21H29F2N3O5S/c1-12-16(26(28)29)7-6-15(23)17(12)21-8-14(9-22)30-10-13(21)11-32-18(24-21)25(5)19(27)31-20(2,3)4/h6-7,12-14,17H,8-11H2,1-5H3/t12?,13-,14+,17?,21-/m0/s1. The highest BCUT2D eigenvalue weighted by atomic mass is 32.2. The van der Waals surface area contributed by atoms with Gasteiger partial charge in [-0.1, -0.05) is 18.7 Å². The lowest BCUT2D eigenvalue weighted by molar-refractivity contribution is -0.435. The van der Waals surface area contributed by atoms with Gasteiger partial charge in [0.15, 0.2) is 5.17 Å². The molecule has 5 atom stereocenters. The molecule has 0 bridgehead atoms. The molecule has 0 aromatic rings. The molecular weight excluding hydrogens is 444 g/mol. The van der Waals surface area contributed by atoms with Gasteiger partial charge in [0, 0.05) is 37.1 Å². The number of fused-ring (bicyclic) bond motifs is 1. The minimum Gasteiger partial charge on any atom is -0.443 e. The summed E-state index contributed by atoms with van der Waals surface area (Å²) in [5.41, 5.74) is -2.04. The monoisotopic (exact) mass is 473 g/mol. The van der Waals surface area contributed by atoms with Gasteiger partial charge in [-0.15, -0.1) is 0 Å². The van der Waals surface area contributed by atoms with Crippen molar-refractivity contribution in [3.05, 3.63) is 33.8 Å². The number of alkyl halides is 1. The molecule has 32 heavy (non-hydrogen) atoms. The zero-order chi connectivity index (χ0) is 23.8. The number of nitrogens with zero attached hydrogens (tertiary/aromatic N) is 3. The number of halogens is 2. The van der Waals surface area contributed by atoms with Gasteiger partial charge in [-0.2, -0.15) is 0 Å². The van der Waals surface area contributed by atoms with Crippen LogP contribution in [0.5, 0.6) is 0 Å². The molecule has 0 spiro atoms. The van der Waals surface area contributed by atoms with Gasteiger partial charge in [0.05, 0.1) is 29.1 Å². The first-order valence-corrected chi connectivity index (χ1v) is 11.5. The van der Waals surface area contributed by atoms with Crippen LogP contribution in [-0.4, -0.2) is 64.4 Å². The Morgan fingerprint density at radius 2 is 2.16 bits per heavy atom. The first-order valence-electron chi connectivity index (χ1n) is 10.5. The number of hydrogen-bond acceptors (Lipinski definition) is 7. The Balaban J connectivity index is 2.06. The Hall–Kier alpha value is -2.01. The number of aliphatic imine (C=N–C) groups is 1. The van der Waals surface area contributed by atoms with Crippen molar-refractivity contribution in [2.75, 3.05) is 26.1 Å². The van der Waals surface area contributed by atoms with Gasteiger partial charge < -0.3 is 9.47 Å². The van der Waals surface area contributed by atoms with Crippen LogP contribution in [0, 0.1) is 27.9 Å². The summed E-state index contributed by atoms with van der Waals surface area (Å²) in [4.78, 5) is 29.8. The lowest BCUT2D eigenvalue weighted by Crippen LogP contribution is -2.58. The van der Waals surface area contributed by atoms with Crippen molar-refractivity contribution in [1.82, 2.24) is 4.90 Å². The summed E-state index contributed by atoms with van der Waals surface area (Å²) in [6.45, 7) is 6.19. The lowest BCUT2D eigenvalue weighted by atomic mass is 9.64. The van der Waals surface area contributed by atoms with Gasteiger partial charge in [0.2, 0.25) is 5.70 Å². The molecule has 0 N–H and O–H groups in total. The molecular formula is C21H29F2N3O5S. The van der Waals surface area contributed by atoms with E-state index in [4.69, 9.17) is 14.5 Å². The maximum atomic E-state index is 15.3. The Morgan fingerprint density at radius 3 is 2.75 bits per heavy atom. The molecule has 178 valence electrons. The number of carbonyl (C=O) groups is 1. The van der Waals surface area contributed by atoms with Gasteiger partial charge >= 0.3 is 6.09 Å². The molecule has 1 fully saturated rings. The van der Waals surface area contributed by atoms with E-state index in [-0.39, 0.29) is 24.6 Å². The first-order chi connectivity index (χ1) is 14.9. The summed E-state index contributed by atoms with van der Waals surface area (Å²) in [6, 6.07) is 0. The Morgan fingerprint density at radius 1 is 1.47 bits per heavy atom. The van der Waals surface area contributed by atoms with Crippen LogP contribution in [0.25, 0.3) is 0 Å². The quantitative estimate of drug-likeness (QED) is 0.447. The molecule has 1 aliphatic carbocycles. The average Bonchev–Trinajstić information content (AvgIpc) is 2.70. The summed E-state index contributed by atoms with van der Waals surface area (Å²) >= 11 is 1.30. The van der Waals surface area contributed by atoms with Crippen molar-refractivity contribution in [3.8, 4) is 0 Å². The second-order valence-electron chi connectivity index (χ2n) is 9.41. The number of rotatable bonds is 3. The third-order valence-corrected chi connectivity index (χ3v) is 7.26. The Bertz CT molecular complexity index is 872. The maximum Gasteiger partial charge on any atom is 0.416 e. The van der Waals surface area contributed by atoms with E-state index in [1.165, 1.54) is 29.8 Å². The van der Waals surface area contributed by atoms with Crippen LogP contribution in [-0.2, 0) is 9.47 Å². The van der Waals surface area contributed by atoms with Crippen molar-refractivity contribution in [3.63, 3.8) is 0 Å². The summed E-state index contributed by atoms with van der Waals surface area (Å²) in [5.74, 6) is -2.17. The van der Waals surface area contributed by atoms with Crippen molar-refractivity contribution in [2.24, 2.45) is 22.7 Å². The lowest BCUT2D eigenvalue weighted by Gasteiger charge is -2.51. The number of thioether (sulfide) groups is 1. The van der Waals surface area contributed by atoms with Crippen molar-refractivity contribution in [2.45, 2.75) is 51.4 Å². The fraction of sp³-hybridized carbons (Fsp3) is 0.714. The molecule has 0 aromatic heterocycles. The second kappa shape index (κ2) is 9.09. The van der Waals surface area contributed by atoms with Crippen molar-refractivity contribution in [1.29, 1.82) is 0 Å². The smallest absolute Gasteiger partial charge is 0.416 e. The highest BCUT2D eigenvalue weighted by Crippen LogP contribution is 2.52. The molecule has 2 heterocycles. The van der Waals surface area contributed by atoms with E-state index >= 15 is 4.39 Å². The predicted molar refractivity (Wildman–Crippen MR) is 117 cm³/mol. The van der Waals surface area contributed by atoms with Crippen LogP contribution in [0.3, 0.4) is 0 Å². The van der Waals surface area contributed by atoms with Gasteiger partial charge in [-0.05, 0) is 26.8 Å². The van der Waals surface area contributed by atoms with Gasteiger partial charge in [-0.25, -0.2) is 13.6 Å². The van der Waals surface area contributed by atoms with Crippen LogP contribution in [0.15, 0.2) is 28.7 Å². The number of amidine groups is 1. The normalized spacial score (nSPS) is 32.8.